The molecule has 0 unspecified atom stereocenters. The largest absolute Gasteiger partial charge is 0.290 e. The number of hydroxylamine groups is 2. The summed E-state index contributed by atoms with van der Waals surface area (Å²) in [7, 11) is 2.05. The van der Waals surface area contributed by atoms with Crippen LogP contribution in [0, 0.1) is 0 Å². The van der Waals surface area contributed by atoms with Crippen LogP contribution in [0.3, 0.4) is 0 Å². The summed E-state index contributed by atoms with van der Waals surface area (Å²) in [6, 6.07) is 24.2. The molecule has 1 saturated heterocycles. The van der Waals surface area contributed by atoms with E-state index in [-0.39, 0.29) is 12.1 Å². The summed E-state index contributed by atoms with van der Waals surface area (Å²) >= 11 is 0. The van der Waals surface area contributed by atoms with Crippen LogP contribution in [0.1, 0.15) is 34.8 Å². The van der Waals surface area contributed by atoms with E-state index in [4.69, 9.17) is 4.84 Å². The predicted molar refractivity (Wildman–Crippen MR) is 87.5 cm³/mol. The number of likely N-dealkylation sites (N-methyl/N-ethyl adjacent to an activating group) is 1. The van der Waals surface area contributed by atoms with Crippen molar-refractivity contribution in [2.45, 2.75) is 18.1 Å². The Labute approximate surface area is 129 Å². The minimum absolute atomic E-state index is 0.135. The number of nitrogens with zero attached hydrogens (tertiary/aromatic N) is 1. The SMILES string of the molecule is CN1O[C@H]2c3cccc4cccc(c34)[C@H]2[C@H]1c1ccccc1. The van der Waals surface area contributed by atoms with Gasteiger partial charge in [0.25, 0.3) is 0 Å². The van der Waals surface area contributed by atoms with Gasteiger partial charge in [0.15, 0.2) is 0 Å². The predicted octanol–water partition coefficient (Wildman–Crippen LogP) is 4.60. The Morgan fingerprint density at radius 1 is 0.818 bits per heavy atom. The molecule has 0 N–H and O–H groups in total. The number of benzene rings is 3. The van der Waals surface area contributed by atoms with Gasteiger partial charge >= 0.3 is 0 Å². The molecule has 1 fully saturated rings. The molecule has 22 heavy (non-hydrogen) atoms. The summed E-state index contributed by atoms with van der Waals surface area (Å²) in [4.78, 5) is 6.26. The fourth-order valence-corrected chi connectivity index (χ4v) is 4.27. The Morgan fingerprint density at radius 3 is 2.32 bits per heavy atom. The highest BCUT2D eigenvalue weighted by Gasteiger charge is 2.48. The third kappa shape index (κ3) is 1.51. The Hall–Kier alpha value is -2.16. The van der Waals surface area contributed by atoms with Crippen molar-refractivity contribution in [1.29, 1.82) is 0 Å². The zero-order chi connectivity index (χ0) is 14.7. The molecule has 108 valence electrons. The minimum Gasteiger partial charge on any atom is -0.290 e. The number of hydrogen-bond acceptors (Lipinski definition) is 2. The first-order valence-corrected chi connectivity index (χ1v) is 7.81. The summed E-state index contributed by atoms with van der Waals surface area (Å²) < 4.78 is 0. The Bertz CT molecular complexity index is 853. The van der Waals surface area contributed by atoms with Gasteiger partial charge in [-0.15, -0.1) is 0 Å². The average molecular weight is 287 g/mol. The first kappa shape index (κ1) is 12.4. The molecule has 3 aromatic carbocycles. The second-order valence-electron chi connectivity index (χ2n) is 6.25. The van der Waals surface area contributed by atoms with Crippen LogP contribution < -0.4 is 0 Å². The summed E-state index contributed by atoms with van der Waals surface area (Å²) in [5.41, 5.74) is 4.09. The van der Waals surface area contributed by atoms with Crippen LogP contribution in [0.5, 0.6) is 0 Å². The van der Waals surface area contributed by atoms with Gasteiger partial charge in [0.1, 0.15) is 6.10 Å². The summed E-state index contributed by atoms with van der Waals surface area (Å²) in [6.45, 7) is 0. The molecule has 1 aliphatic heterocycles. The van der Waals surface area contributed by atoms with Gasteiger partial charge in [0.05, 0.1) is 6.04 Å². The molecule has 5 rings (SSSR count). The lowest BCUT2D eigenvalue weighted by molar-refractivity contribution is -0.145. The van der Waals surface area contributed by atoms with Crippen molar-refractivity contribution in [3.63, 3.8) is 0 Å². The van der Waals surface area contributed by atoms with E-state index in [1.54, 1.807) is 0 Å². The van der Waals surface area contributed by atoms with Crippen LogP contribution in [-0.4, -0.2) is 12.1 Å². The van der Waals surface area contributed by atoms with Crippen molar-refractivity contribution >= 4 is 10.8 Å². The van der Waals surface area contributed by atoms with E-state index in [1.807, 2.05) is 5.06 Å². The van der Waals surface area contributed by atoms with E-state index < -0.39 is 0 Å². The smallest absolute Gasteiger partial charge is 0.114 e. The monoisotopic (exact) mass is 287 g/mol. The lowest BCUT2D eigenvalue weighted by atomic mass is 9.87. The molecule has 3 aromatic rings. The first-order chi connectivity index (χ1) is 10.8. The minimum atomic E-state index is 0.135. The maximum atomic E-state index is 6.26. The molecule has 0 bridgehead atoms. The second-order valence-corrected chi connectivity index (χ2v) is 6.25. The molecule has 0 aromatic heterocycles. The van der Waals surface area contributed by atoms with Crippen LogP contribution in [0.4, 0.5) is 0 Å². The van der Waals surface area contributed by atoms with E-state index >= 15 is 0 Å². The summed E-state index contributed by atoms with van der Waals surface area (Å²) in [6.07, 6.45) is 0.135. The van der Waals surface area contributed by atoms with Crippen molar-refractivity contribution in [2.75, 3.05) is 7.05 Å². The molecule has 0 amide bonds. The van der Waals surface area contributed by atoms with E-state index in [0.717, 1.165) is 0 Å². The van der Waals surface area contributed by atoms with Gasteiger partial charge in [-0.05, 0) is 27.5 Å². The third-order valence-electron chi connectivity index (χ3n) is 5.11. The van der Waals surface area contributed by atoms with Crippen molar-refractivity contribution in [1.82, 2.24) is 5.06 Å². The molecule has 0 saturated carbocycles. The van der Waals surface area contributed by atoms with Gasteiger partial charge in [-0.1, -0.05) is 66.7 Å². The third-order valence-corrected chi connectivity index (χ3v) is 5.11. The quantitative estimate of drug-likeness (QED) is 0.648. The van der Waals surface area contributed by atoms with Crippen LogP contribution >= 0.6 is 0 Å². The van der Waals surface area contributed by atoms with Gasteiger partial charge in [-0.2, -0.15) is 5.06 Å². The van der Waals surface area contributed by atoms with Crippen molar-refractivity contribution in [3.8, 4) is 0 Å². The van der Waals surface area contributed by atoms with Gasteiger partial charge < -0.3 is 0 Å². The molecule has 0 radical (unpaired) electrons. The van der Waals surface area contributed by atoms with Crippen molar-refractivity contribution in [2.24, 2.45) is 0 Å². The molecule has 2 heteroatoms. The van der Waals surface area contributed by atoms with E-state index in [9.17, 15) is 0 Å². The standard InChI is InChI=1S/C20H17NO/c1-21-19(14-7-3-2-4-8-14)18-15-11-5-9-13-10-6-12-16(17(13)15)20(18)22-21/h2-12,18-20H,1H3/t18-,19+,20-/m0/s1. The fraction of sp³-hybridized carbons (Fsp3) is 0.200. The highest BCUT2D eigenvalue weighted by atomic mass is 16.7. The number of hydrogen-bond donors (Lipinski definition) is 0. The molecule has 2 nitrogen and oxygen atoms in total. The Kier molecular flexibility index (Phi) is 2.49. The number of fused-ring (bicyclic) bond motifs is 3. The summed E-state index contributed by atoms with van der Waals surface area (Å²) in [5.74, 6) is 0.369. The zero-order valence-corrected chi connectivity index (χ0v) is 12.4. The van der Waals surface area contributed by atoms with Crippen LogP contribution in [-0.2, 0) is 4.84 Å². The molecule has 2 aliphatic rings. The molecule has 0 spiro atoms. The maximum absolute atomic E-state index is 6.26. The topological polar surface area (TPSA) is 12.5 Å². The van der Waals surface area contributed by atoms with E-state index in [1.165, 1.54) is 27.5 Å². The normalized spacial score (nSPS) is 26.5. The highest BCUT2D eigenvalue weighted by molar-refractivity contribution is 5.92. The molecular formula is C20H17NO. The average Bonchev–Trinajstić information content (AvgIpc) is 3.05. The molecular weight excluding hydrogens is 270 g/mol. The fourth-order valence-electron chi connectivity index (χ4n) is 4.27. The van der Waals surface area contributed by atoms with Crippen molar-refractivity contribution in [3.05, 3.63) is 83.4 Å². The van der Waals surface area contributed by atoms with Crippen LogP contribution in [0.15, 0.2) is 66.7 Å². The van der Waals surface area contributed by atoms with Gasteiger partial charge in [-0.25, -0.2) is 0 Å². The van der Waals surface area contributed by atoms with Gasteiger partial charge in [0, 0.05) is 13.0 Å². The maximum Gasteiger partial charge on any atom is 0.114 e. The Morgan fingerprint density at radius 2 is 1.55 bits per heavy atom. The first-order valence-electron chi connectivity index (χ1n) is 7.81. The van der Waals surface area contributed by atoms with Crippen LogP contribution in [0.2, 0.25) is 0 Å². The zero-order valence-electron chi connectivity index (χ0n) is 12.4. The molecule has 1 heterocycles. The Balaban J connectivity index is 1.74. The molecule has 1 aliphatic carbocycles. The second kappa shape index (κ2) is 4.42. The van der Waals surface area contributed by atoms with E-state index in [2.05, 4.69) is 73.8 Å². The lowest BCUT2D eigenvalue weighted by Gasteiger charge is -2.23. The van der Waals surface area contributed by atoms with Crippen molar-refractivity contribution < 1.29 is 4.84 Å². The lowest BCUT2D eigenvalue weighted by Crippen LogP contribution is -2.19. The van der Waals surface area contributed by atoms with E-state index in [0.29, 0.717) is 5.92 Å². The highest BCUT2D eigenvalue weighted by Crippen LogP contribution is 2.58. The van der Waals surface area contributed by atoms with Crippen LogP contribution in [0.25, 0.3) is 10.8 Å². The van der Waals surface area contributed by atoms with Gasteiger partial charge in [0.2, 0.25) is 0 Å². The number of rotatable bonds is 1. The van der Waals surface area contributed by atoms with Gasteiger partial charge in [-0.3, -0.25) is 4.84 Å². The molecule has 3 atom stereocenters. The summed E-state index contributed by atoms with van der Waals surface area (Å²) in [5, 5.41) is 4.76.